The molecule has 0 spiro atoms. The Labute approximate surface area is 204 Å². The van der Waals surface area contributed by atoms with E-state index in [9.17, 15) is 13.6 Å². The second kappa shape index (κ2) is 10.7. The number of carbonyl (C=O) groups is 1. The highest BCUT2D eigenvalue weighted by molar-refractivity contribution is 6.31. The smallest absolute Gasteiger partial charge is 0.230 e. The Morgan fingerprint density at radius 3 is 2.65 bits per heavy atom. The number of piperidine rings is 1. The summed E-state index contributed by atoms with van der Waals surface area (Å²) in [5.74, 6) is -2.53. The van der Waals surface area contributed by atoms with Gasteiger partial charge in [-0.05, 0) is 67.1 Å². The van der Waals surface area contributed by atoms with Crippen LogP contribution in [0.25, 0.3) is 0 Å². The van der Waals surface area contributed by atoms with Gasteiger partial charge in [-0.1, -0.05) is 29.8 Å². The van der Waals surface area contributed by atoms with Crippen molar-refractivity contribution in [1.29, 1.82) is 0 Å². The molecule has 1 amide bonds. The fourth-order valence-electron chi connectivity index (χ4n) is 4.89. The third kappa shape index (κ3) is 5.13. The SMILES string of the molecule is COCCc1ccc(Cl)c(CN(C(=O)C2CNCCC2(OC)c2ccc(F)c(F)c2)C2CC2)c1. The van der Waals surface area contributed by atoms with Crippen LogP contribution in [0.15, 0.2) is 36.4 Å². The number of hydrogen-bond acceptors (Lipinski definition) is 4. The number of halogens is 3. The fourth-order valence-corrected chi connectivity index (χ4v) is 5.07. The predicted molar refractivity (Wildman–Crippen MR) is 127 cm³/mol. The largest absolute Gasteiger partial charge is 0.384 e. The fraction of sp³-hybridized carbons (Fsp3) is 0.500. The Bertz CT molecular complexity index is 1030. The van der Waals surface area contributed by atoms with Crippen molar-refractivity contribution in [3.05, 3.63) is 69.7 Å². The maximum absolute atomic E-state index is 14.2. The summed E-state index contributed by atoms with van der Waals surface area (Å²) in [4.78, 5) is 15.9. The van der Waals surface area contributed by atoms with Crippen LogP contribution in [0, 0.1) is 17.6 Å². The van der Waals surface area contributed by atoms with E-state index < -0.39 is 23.2 Å². The number of amides is 1. The quantitative estimate of drug-likeness (QED) is 0.562. The first-order chi connectivity index (χ1) is 16.4. The van der Waals surface area contributed by atoms with Gasteiger partial charge in [-0.25, -0.2) is 8.78 Å². The Morgan fingerprint density at radius 1 is 1.18 bits per heavy atom. The van der Waals surface area contributed by atoms with E-state index in [4.69, 9.17) is 21.1 Å². The van der Waals surface area contributed by atoms with E-state index in [1.54, 1.807) is 7.11 Å². The highest BCUT2D eigenvalue weighted by atomic mass is 35.5. The summed E-state index contributed by atoms with van der Waals surface area (Å²) < 4.78 is 39.0. The lowest BCUT2D eigenvalue weighted by Gasteiger charge is -2.44. The molecule has 1 aliphatic carbocycles. The minimum absolute atomic E-state index is 0.0698. The zero-order valence-electron chi connectivity index (χ0n) is 19.6. The summed E-state index contributed by atoms with van der Waals surface area (Å²) in [6, 6.07) is 9.76. The van der Waals surface area contributed by atoms with Gasteiger partial charge in [0.15, 0.2) is 11.6 Å². The molecule has 8 heteroatoms. The summed E-state index contributed by atoms with van der Waals surface area (Å²) in [6.45, 7) is 1.98. The molecule has 0 radical (unpaired) electrons. The Kier molecular flexibility index (Phi) is 7.87. The normalized spacial score (nSPS) is 22.6. The number of ether oxygens (including phenoxy) is 2. The van der Waals surface area contributed by atoms with Crippen LogP contribution in [0.4, 0.5) is 8.78 Å². The number of benzene rings is 2. The second-order valence-corrected chi connectivity index (χ2v) is 9.50. The molecule has 1 N–H and O–H groups in total. The monoisotopic (exact) mass is 492 g/mol. The molecule has 0 aromatic heterocycles. The van der Waals surface area contributed by atoms with Crippen molar-refractivity contribution >= 4 is 17.5 Å². The van der Waals surface area contributed by atoms with Gasteiger partial charge in [0, 0.05) is 38.4 Å². The zero-order valence-corrected chi connectivity index (χ0v) is 20.3. The molecule has 184 valence electrons. The first kappa shape index (κ1) is 25.0. The lowest BCUT2D eigenvalue weighted by atomic mass is 9.75. The van der Waals surface area contributed by atoms with Gasteiger partial charge in [-0.15, -0.1) is 0 Å². The van der Waals surface area contributed by atoms with E-state index >= 15 is 0 Å². The van der Waals surface area contributed by atoms with Gasteiger partial charge in [0.1, 0.15) is 5.60 Å². The van der Waals surface area contributed by atoms with E-state index in [0.717, 1.165) is 42.5 Å². The summed E-state index contributed by atoms with van der Waals surface area (Å²) in [6.07, 6.45) is 3.08. The molecule has 2 aromatic rings. The number of hydrogen-bond donors (Lipinski definition) is 1. The molecule has 2 aliphatic rings. The van der Waals surface area contributed by atoms with E-state index in [2.05, 4.69) is 5.32 Å². The van der Waals surface area contributed by atoms with Crippen molar-refractivity contribution in [2.75, 3.05) is 33.9 Å². The number of methoxy groups -OCH3 is 2. The maximum Gasteiger partial charge on any atom is 0.230 e. The molecule has 1 saturated heterocycles. The molecular formula is C26H31ClF2N2O3. The minimum atomic E-state index is -1.05. The molecule has 2 unspecified atom stereocenters. The van der Waals surface area contributed by atoms with Crippen molar-refractivity contribution in [2.45, 2.75) is 43.9 Å². The number of carbonyl (C=O) groups excluding carboxylic acids is 1. The average molecular weight is 493 g/mol. The van der Waals surface area contributed by atoms with E-state index in [-0.39, 0.29) is 11.9 Å². The molecule has 1 heterocycles. The van der Waals surface area contributed by atoms with Crippen molar-refractivity contribution in [3.63, 3.8) is 0 Å². The molecule has 2 fully saturated rings. The molecule has 2 atom stereocenters. The highest BCUT2D eigenvalue weighted by Gasteiger charge is 2.50. The maximum atomic E-state index is 14.2. The van der Waals surface area contributed by atoms with E-state index in [1.807, 2.05) is 23.1 Å². The molecule has 4 rings (SSSR count). The molecule has 1 aliphatic heterocycles. The van der Waals surface area contributed by atoms with Gasteiger partial charge in [-0.2, -0.15) is 0 Å². The Balaban J connectivity index is 1.64. The third-order valence-electron chi connectivity index (χ3n) is 6.97. The van der Waals surface area contributed by atoms with Crippen molar-refractivity contribution < 1.29 is 23.0 Å². The molecule has 2 aromatic carbocycles. The van der Waals surface area contributed by atoms with Crippen molar-refractivity contribution in [1.82, 2.24) is 10.2 Å². The van der Waals surface area contributed by atoms with Crippen molar-refractivity contribution in [2.24, 2.45) is 5.92 Å². The summed E-state index contributed by atoms with van der Waals surface area (Å²) >= 11 is 6.52. The highest BCUT2D eigenvalue weighted by Crippen LogP contribution is 2.42. The van der Waals surface area contributed by atoms with Crippen LogP contribution < -0.4 is 5.32 Å². The lowest BCUT2D eigenvalue weighted by molar-refractivity contribution is -0.155. The Morgan fingerprint density at radius 2 is 1.97 bits per heavy atom. The molecule has 1 saturated carbocycles. The van der Waals surface area contributed by atoms with Crippen LogP contribution in [-0.4, -0.2) is 50.8 Å². The zero-order chi connectivity index (χ0) is 24.3. The Hall–Kier alpha value is -2.06. The van der Waals surface area contributed by atoms with Crippen LogP contribution in [-0.2, 0) is 32.8 Å². The lowest BCUT2D eigenvalue weighted by Crippen LogP contribution is -2.56. The van der Waals surface area contributed by atoms with Crippen LogP contribution >= 0.6 is 11.6 Å². The molecule has 0 bridgehead atoms. The van der Waals surface area contributed by atoms with Gasteiger partial charge in [0.2, 0.25) is 5.91 Å². The van der Waals surface area contributed by atoms with E-state index in [0.29, 0.717) is 43.2 Å². The summed E-state index contributed by atoms with van der Waals surface area (Å²) in [5.41, 5.74) is 1.41. The van der Waals surface area contributed by atoms with Gasteiger partial charge in [-0.3, -0.25) is 4.79 Å². The van der Waals surface area contributed by atoms with Gasteiger partial charge in [0.05, 0.1) is 12.5 Å². The van der Waals surface area contributed by atoms with Crippen LogP contribution in [0.2, 0.25) is 5.02 Å². The van der Waals surface area contributed by atoms with E-state index in [1.165, 1.54) is 13.2 Å². The van der Waals surface area contributed by atoms with Crippen molar-refractivity contribution in [3.8, 4) is 0 Å². The van der Waals surface area contributed by atoms with Crippen LogP contribution in [0.1, 0.15) is 36.0 Å². The minimum Gasteiger partial charge on any atom is -0.384 e. The van der Waals surface area contributed by atoms with Crippen LogP contribution in [0.5, 0.6) is 0 Å². The first-order valence-electron chi connectivity index (χ1n) is 11.7. The number of rotatable bonds is 9. The molecule has 34 heavy (non-hydrogen) atoms. The summed E-state index contributed by atoms with van der Waals surface area (Å²) in [5, 5.41) is 3.90. The topological polar surface area (TPSA) is 50.8 Å². The standard InChI is InChI=1S/C26H31ClF2N2O3/c1-33-12-9-17-3-7-22(27)18(13-17)16-31(20-5-6-20)25(32)21-15-30-11-10-26(21,34-2)19-4-8-23(28)24(29)14-19/h3-4,7-8,13-14,20-21,30H,5-6,9-12,15-16H2,1-2H3. The van der Waals surface area contributed by atoms with Gasteiger partial charge in [0.25, 0.3) is 0 Å². The third-order valence-corrected chi connectivity index (χ3v) is 7.34. The second-order valence-electron chi connectivity index (χ2n) is 9.10. The predicted octanol–water partition coefficient (Wildman–Crippen LogP) is 4.45. The molecule has 5 nitrogen and oxygen atoms in total. The molecular weight excluding hydrogens is 462 g/mol. The average Bonchev–Trinajstić information content (AvgIpc) is 3.69. The van der Waals surface area contributed by atoms with Gasteiger partial charge < -0.3 is 19.7 Å². The number of nitrogens with zero attached hydrogens (tertiary/aromatic N) is 1. The first-order valence-corrected chi connectivity index (χ1v) is 12.1. The number of nitrogens with one attached hydrogen (secondary N) is 1. The van der Waals surface area contributed by atoms with Gasteiger partial charge >= 0.3 is 0 Å². The summed E-state index contributed by atoms with van der Waals surface area (Å²) in [7, 11) is 3.20. The van der Waals surface area contributed by atoms with Crippen LogP contribution in [0.3, 0.4) is 0 Å².